The van der Waals surface area contributed by atoms with Gasteiger partial charge in [0.05, 0.1) is 11.4 Å². The first kappa shape index (κ1) is 14.9. The number of halogens is 1. The van der Waals surface area contributed by atoms with Crippen LogP contribution in [0.2, 0.25) is 0 Å². The Morgan fingerprint density at radius 2 is 1.75 bits per heavy atom. The second-order valence-electron chi connectivity index (χ2n) is 5.03. The molecule has 0 saturated heterocycles. The maximum absolute atomic E-state index is 3.55. The van der Waals surface area contributed by atoms with Crippen LogP contribution in [0.15, 0.2) is 46.9 Å². The molecular formula is C17H21BrN2. The van der Waals surface area contributed by atoms with Gasteiger partial charge in [-0.1, -0.05) is 47.1 Å². The number of hydrogen-bond acceptors (Lipinski definition) is 2. The van der Waals surface area contributed by atoms with Gasteiger partial charge in [0.25, 0.3) is 0 Å². The maximum Gasteiger partial charge on any atom is 0.0597 e. The van der Waals surface area contributed by atoms with Crippen molar-refractivity contribution in [3.05, 3.63) is 58.1 Å². The zero-order valence-corrected chi connectivity index (χ0v) is 13.9. The van der Waals surface area contributed by atoms with Gasteiger partial charge < -0.3 is 10.2 Å². The van der Waals surface area contributed by atoms with E-state index < -0.39 is 0 Å². The second-order valence-corrected chi connectivity index (χ2v) is 5.95. The van der Waals surface area contributed by atoms with Crippen molar-refractivity contribution in [2.45, 2.75) is 19.9 Å². The van der Waals surface area contributed by atoms with Crippen LogP contribution in [0.1, 0.15) is 18.1 Å². The van der Waals surface area contributed by atoms with Crippen molar-refractivity contribution in [1.29, 1.82) is 0 Å². The first-order valence-corrected chi connectivity index (χ1v) is 7.68. The highest BCUT2D eigenvalue weighted by atomic mass is 79.9. The summed E-state index contributed by atoms with van der Waals surface area (Å²) in [5.41, 5.74) is 5.11. The SMILES string of the molecule is CCc1ccccc1CNc1cc(Br)ccc1N(C)C. The second kappa shape index (κ2) is 6.80. The normalized spacial score (nSPS) is 10.4. The molecule has 0 heterocycles. The number of hydrogen-bond donors (Lipinski definition) is 1. The smallest absolute Gasteiger partial charge is 0.0597 e. The Labute approximate surface area is 129 Å². The predicted octanol–water partition coefficient (Wildman–Crippen LogP) is 4.69. The van der Waals surface area contributed by atoms with E-state index in [-0.39, 0.29) is 0 Å². The molecule has 20 heavy (non-hydrogen) atoms. The molecule has 0 spiro atoms. The highest BCUT2D eigenvalue weighted by Gasteiger charge is 2.06. The summed E-state index contributed by atoms with van der Waals surface area (Å²) in [6.45, 7) is 3.05. The quantitative estimate of drug-likeness (QED) is 0.854. The molecule has 0 fully saturated rings. The van der Waals surface area contributed by atoms with Crippen molar-refractivity contribution in [2.75, 3.05) is 24.3 Å². The van der Waals surface area contributed by atoms with E-state index in [1.165, 1.54) is 16.8 Å². The van der Waals surface area contributed by atoms with Crippen LogP contribution in [0.5, 0.6) is 0 Å². The van der Waals surface area contributed by atoms with Gasteiger partial charge in [-0.3, -0.25) is 0 Å². The van der Waals surface area contributed by atoms with Gasteiger partial charge in [0.15, 0.2) is 0 Å². The van der Waals surface area contributed by atoms with E-state index in [9.17, 15) is 0 Å². The molecule has 106 valence electrons. The average Bonchev–Trinajstić information content (AvgIpc) is 2.45. The third-order valence-corrected chi connectivity index (χ3v) is 3.90. The van der Waals surface area contributed by atoms with Crippen LogP contribution in [0, 0.1) is 0 Å². The lowest BCUT2D eigenvalue weighted by molar-refractivity contribution is 1.04. The Kier molecular flexibility index (Phi) is 5.07. The van der Waals surface area contributed by atoms with E-state index in [1.54, 1.807) is 0 Å². The number of rotatable bonds is 5. The molecule has 0 saturated carbocycles. The fourth-order valence-corrected chi connectivity index (χ4v) is 2.67. The van der Waals surface area contributed by atoms with Crippen molar-refractivity contribution < 1.29 is 0 Å². The van der Waals surface area contributed by atoms with Crippen LogP contribution in [0.4, 0.5) is 11.4 Å². The van der Waals surface area contributed by atoms with Crippen LogP contribution in [-0.2, 0) is 13.0 Å². The van der Waals surface area contributed by atoms with Crippen molar-refractivity contribution in [1.82, 2.24) is 0 Å². The van der Waals surface area contributed by atoms with Gasteiger partial charge in [0.1, 0.15) is 0 Å². The van der Waals surface area contributed by atoms with E-state index in [1.807, 2.05) is 0 Å². The first-order chi connectivity index (χ1) is 9.61. The summed E-state index contributed by atoms with van der Waals surface area (Å²) >= 11 is 3.54. The van der Waals surface area contributed by atoms with E-state index in [0.717, 1.165) is 23.1 Å². The molecule has 0 atom stereocenters. The highest BCUT2D eigenvalue weighted by Crippen LogP contribution is 2.28. The molecule has 0 amide bonds. The summed E-state index contributed by atoms with van der Waals surface area (Å²) in [5, 5.41) is 3.55. The summed E-state index contributed by atoms with van der Waals surface area (Å²) < 4.78 is 1.09. The number of nitrogens with one attached hydrogen (secondary N) is 1. The molecule has 3 heteroatoms. The molecule has 0 bridgehead atoms. The van der Waals surface area contributed by atoms with Crippen LogP contribution in [0.25, 0.3) is 0 Å². The number of aryl methyl sites for hydroxylation is 1. The molecule has 0 radical (unpaired) electrons. The summed E-state index contributed by atoms with van der Waals surface area (Å²) in [5.74, 6) is 0. The summed E-state index contributed by atoms with van der Waals surface area (Å²) in [7, 11) is 4.13. The Bertz CT molecular complexity index is 579. The van der Waals surface area contributed by atoms with Gasteiger partial charge in [-0.25, -0.2) is 0 Å². The molecule has 0 aromatic heterocycles. The monoisotopic (exact) mass is 332 g/mol. The lowest BCUT2D eigenvalue weighted by Gasteiger charge is -2.19. The average molecular weight is 333 g/mol. The molecule has 2 aromatic rings. The first-order valence-electron chi connectivity index (χ1n) is 6.89. The largest absolute Gasteiger partial charge is 0.379 e. The third-order valence-electron chi connectivity index (χ3n) is 3.41. The van der Waals surface area contributed by atoms with Crippen molar-refractivity contribution in [2.24, 2.45) is 0 Å². The molecule has 0 aliphatic heterocycles. The Hall–Kier alpha value is -1.48. The fourth-order valence-electron chi connectivity index (χ4n) is 2.31. The van der Waals surface area contributed by atoms with Gasteiger partial charge >= 0.3 is 0 Å². The summed E-state index contributed by atoms with van der Waals surface area (Å²) in [6.07, 6.45) is 1.07. The van der Waals surface area contributed by atoms with E-state index in [0.29, 0.717) is 0 Å². The van der Waals surface area contributed by atoms with Crippen LogP contribution in [-0.4, -0.2) is 14.1 Å². The number of anilines is 2. The van der Waals surface area contributed by atoms with Gasteiger partial charge in [0.2, 0.25) is 0 Å². The minimum atomic E-state index is 0.849. The van der Waals surface area contributed by atoms with Crippen LogP contribution < -0.4 is 10.2 Å². The minimum absolute atomic E-state index is 0.849. The Morgan fingerprint density at radius 1 is 1.05 bits per heavy atom. The molecule has 2 nitrogen and oxygen atoms in total. The summed E-state index contributed by atoms with van der Waals surface area (Å²) in [4.78, 5) is 2.13. The molecule has 2 rings (SSSR count). The molecule has 1 N–H and O–H groups in total. The third kappa shape index (κ3) is 3.54. The standard InChI is InChI=1S/C17H21BrN2/c1-4-13-7-5-6-8-14(13)12-19-16-11-15(18)9-10-17(16)20(2)3/h5-11,19H,4,12H2,1-3H3. The minimum Gasteiger partial charge on any atom is -0.379 e. The molecule has 0 aliphatic rings. The maximum atomic E-state index is 3.55. The van der Waals surface area contributed by atoms with Gasteiger partial charge in [-0.15, -0.1) is 0 Å². The topological polar surface area (TPSA) is 15.3 Å². The Balaban J connectivity index is 2.20. The molecule has 2 aromatic carbocycles. The zero-order chi connectivity index (χ0) is 14.5. The van der Waals surface area contributed by atoms with Crippen molar-refractivity contribution >= 4 is 27.3 Å². The van der Waals surface area contributed by atoms with E-state index in [2.05, 4.69) is 89.6 Å². The lowest BCUT2D eigenvalue weighted by atomic mass is 10.1. The highest BCUT2D eigenvalue weighted by molar-refractivity contribution is 9.10. The lowest BCUT2D eigenvalue weighted by Crippen LogP contribution is -2.12. The van der Waals surface area contributed by atoms with Crippen molar-refractivity contribution in [3.63, 3.8) is 0 Å². The van der Waals surface area contributed by atoms with Gasteiger partial charge in [-0.2, -0.15) is 0 Å². The van der Waals surface area contributed by atoms with Crippen LogP contribution in [0.3, 0.4) is 0 Å². The molecular weight excluding hydrogens is 312 g/mol. The predicted molar refractivity (Wildman–Crippen MR) is 91.6 cm³/mol. The fraction of sp³-hybridized carbons (Fsp3) is 0.294. The zero-order valence-electron chi connectivity index (χ0n) is 12.3. The summed E-state index contributed by atoms with van der Waals surface area (Å²) in [6, 6.07) is 14.9. The number of benzene rings is 2. The van der Waals surface area contributed by atoms with Gasteiger partial charge in [0, 0.05) is 25.1 Å². The number of nitrogens with zero attached hydrogens (tertiary/aromatic N) is 1. The Morgan fingerprint density at radius 3 is 2.40 bits per heavy atom. The van der Waals surface area contributed by atoms with Crippen molar-refractivity contribution in [3.8, 4) is 0 Å². The van der Waals surface area contributed by atoms with E-state index >= 15 is 0 Å². The molecule has 0 unspecified atom stereocenters. The van der Waals surface area contributed by atoms with Gasteiger partial charge in [-0.05, 0) is 35.7 Å². The molecule has 0 aliphatic carbocycles. The van der Waals surface area contributed by atoms with Crippen LogP contribution >= 0.6 is 15.9 Å². The van der Waals surface area contributed by atoms with E-state index in [4.69, 9.17) is 0 Å².